The molecule has 0 aliphatic heterocycles. The summed E-state index contributed by atoms with van der Waals surface area (Å²) in [7, 11) is 0. The van der Waals surface area contributed by atoms with Crippen LogP contribution in [0.4, 0.5) is 0 Å². The van der Waals surface area contributed by atoms with Crippen molar-refractivity contribution in [3.8, 4) is 11.5 Å². The Hall–Kier alpha value is -2.16. The minimum absolute atomic E-state index is 0.521. The second-order valence-corrected chi connectivity index (χ2v) is 9.51. The number of hydrogen-bond acceptors (Lipinski definition) is 4. The fourth-order valence-electron chi connectivity index (χ4n) is 2.47. The second kappa shape index (κ2) is 8.98. The minimum atomic E-state index is -3.52. The number of benzene rings is 3. The Morgan fingerprint density at radius 2 is 1.42 bits per heavy atom. The van der Waals surface area contributed by atoms with E-state index in [-0.39, 0.29) is 0 Å². The zero-order valence-corrected chi connectivity index (χ0v) is 16.3. The van der Waals surface area contributed by atoms with Gasteiger partial charge in [-0.1, -0.05) is 67.9 Å². The molecule has 0 fully saturated rings. The molecule has 0 radical (unpaired) electrons. The van der Waals surface area contributed by atoms with Crippen molar-refractivity contribution >= 4 is 18.2 Å². The minimum Gasteiger partial charge on any atom is -0.408 e. The van der Waals surface area contributed by atoms with Crippen molar-refractivity contribution < 1.29 is 13.6 Å². The van der Waals surface area contributed by atoms with Crippen LogP contribution in [-0.2, 0) is 11.0 Å². The first kappa shape index (κ1) is 18.6. The highest BCUT2D eigenvalue weighted by Crippen LogP contribution is 2.62. The van der Waals surface area contributed by atoms with Crippen LogP contribution in [0.25, 0.3) is 0 Å². The smallest absolute Gasteiger partial charge is 0.408 e. The quantitative estimate of drug-likeness (QED) is 0.392. The fraction of sp³-hybridized carbons (Fsp3) is 0.143. The topological polar surface area (TPSA) is 35.5 Å². The summed E-state index contributed by atoms with van der Waals surface area (Å²) in [5, 5.41) is 0. The first-order valence-corrected chi connectivity index (χ1v) is 11.5. The third kappa shape index (κ3) is 5.17. The van der Waals surface area contributed by atoms with Gasteiger partial charge < -0.3 is 9.05 Å². The summed E-state index contributed by atoms with van der Waals surface area (Å²) in [6.45, 7) is -1.41. The molecular weight excluding hydrogens is 363 g/mol. The lowest BCUT2D eigenvalue weighted by molar-refractivity contribution is 0.406. The predicted octanol–water partition coefficient (Wildman–Crippen LogP) is 7.00. The van der Waals surface area contributed by atoms with Gasteiger partial charge in [-0.25, -0.2) is 4.57 Å². The van der Waals surface area contributed by atoms with E-state index in [9.17, 15) is 4.57 Å². The normalized spacial score (nSPS) is 13.0. The van der Waals surface area contributed by atoms with E-state index in [1.54, 1.807) is 12.1 Å². The largest absolute Gasteiger partial charge is 0.497 e. The summed E-state index contributed by atoms with van der Waals surface area (Å²) in [5.74, 6) is 1.13. The molecule has 134 valence electrons. The highest BCUT2D eigenvalue weighted by Gasteiger charge is 2.31. The van der Waals surface area contributed by atoms with Gasteiger partial charge in [0.05, 0.1) is 0 Å². The van der Waals surface area contributed by atoms with Crippen LogP contribution >= 0.6 is 18.2 Å². The number of para-hydroxylation sites is 2. The molecule has 0 heterocycles. The van der Waals surface area contributed by atoms with E-state index in [4.69, 9.17) is 9.05 Å². The van der Waals surface area contributed by atoms with Gasteiger partial charge in [-0.15, -0.1) is 0 Å². The monoisotopic (exact) mass is 384 g/mol. The molecule has 0 aliphatic rings. The molecule has 0 aromatic heterocycles. The molecule has 0 spiro atoms. The third-order valence-electron chi connectivity index (χ3n) is 3.62. The molecule has 3 aromatic rings. The van der Waals surface area contributed by atoms with E-state index in [0.717, 1.165) is 34.7 Å². The zero-order chi connectivity index (χ0) is 18.2. The Kier molecular flexibility index (Phi) is 6.43. The summed E-state index contributed by atoms with van der Waals surface area (Å²) >= 11 is 1.12. The van der Waals surface area contributed by atoms with Crippen LogP contribution in [0.15, 0.2) is 89.8 Å². The van der Waals surface area contributed by atoms with Crippen LogP contribution in [0, 0.1) is 0 Å². The number of hydrogen-bond donors (Lipinski definition) is 0. The van der Waals surface area contributed by atoms with Gasteiger partial charge in [-0.2, -0.15) is 0 Å². The summed E-state index contributed by atoms with van der Waals surface area (Å²) in [4.78, 5) is 0.833. The van der Waals surface area contributed by atoms with Gasteiger partial charge in [0.25, 0.3) is 0 Å². The lowest BCUT2D eigenvalue weighted by Crippen LogP contribution is -2.00. The lowest BCUT2D eigenvalue weighted by Gasteiger charge is -2.20. The predicted molar refractivity (Wildman–Crippen MR) is 108 cm³/mol. The van der Waals surface area contributed by atoms with Gasteiger partial charge in [0.1, 0.15) is 11.5 Å². The molecule has 0 saturated carbocycles. The van der Waals surface area contributed by atoms with Crippen LogP contribution in [0.5, 0.6) is 11.5 Å². The maximum atomic E-state index is 13.6. The Balaban J connectivity index is 1.91. The van der Waals surface area contributed by atoms with Crippen molar-refractivity contribution in [1.29, 1.82) is 0 Å². The van der Waals surface area contributed by atoms with Gasteiger partial charge in [-0.3, -0.25) is 0 Å². The van der Waals surface area contributed by atoms with Crippen LogP contribution in [0.2, 0.25) is 0 Å². The number of rotatable bonds is 8. The molecule has 0 aliphatic carbocycles. The summed E-state index contributed by atoms with van der Waals surface area (Å²) in [6, 6.07) is 26.3. The van der Waals surface area contributed by atoms with Gasteiger partial charge in [0.2, 0.25) is 0 Å². The molecule has 3 nitrogen and oxygen atoms in total. The second-order valence-electron chi connectivity index (χ2n) is 5.70. The molecule has 3 aromatic carbocycles. The summed E-state index contributed by atoms with van der Waals surface area (Å²) < 4.78 is 25.4. The van der Waals surface area contributed by atoms with Crippen LogP contribution in [0.3, 0.4) is 0 Å². The molecule has 0 N–H and O–H groups in total. The van der Waals surface area contributed by atoms with Gasteiger partial charge in [-0.05, 0) is 42.3 Å². The summed E-state index contributed by atoms with van der Waals surface area (Å²) in [6.07, 6.45) is 1.84. The standard InChI is InChI=1S/C21H21O3PS/c1-2-11-18-12-9-10-17-21(18)24-25(22,23-19-13-5-3-6-14-19)26-20-15-7-4-8-16-20/h3-10,12-17H,2,11H2,1H3. The average molecular weight is 384 g/mol. The van der Waals surface area contributed by atoms with E-state index in [1.807, 2.05) is 72.8 Å². The highest BCUT2D eigenvalue weighted by atomic mass is 32.7. The number of aryl methyl sites for hydroxylation is 1. The Labute approximate surface area is 158 Å². The SMILES string of the molecule is CCCc1ccccc1OP(=O)(Oc1ccccc1)Sc1ccccc1. The van der Waals surface area contributed by atoms with E-state index in [0.29, 0.717) is 11.5 Å². The van der Waals surface area contributed by atoms with Crippen LogP contribution in [-0.4, -0.2) is 0 Å². The molecule has 3 rings (SSSR count). The third-order valence-corrected chi connectivity index (χ3v) is 6.93. The Morgan fingerprint density at radius 1 is 0.808 bits per heavy atom. The Bertz CT molecular complexity index is 823. The van der Waals surface area contributed by atoms with E-state index < -0.39 is 6.80 Å². The highest BCUT2D eigenvalue weighted by molar-refractivity contribution is 8.55. The van der Waals surface area contributed by atoms with Gasteiger partial charge >= 0.3 is 6.80 Å². The molecule has 1 atom stereocenters. The van der Waals surface area contributed by atoms with Crippen molar-refractivity contribution in [2.45, 2.75) is 24.7 Å². The Morgan fingerprint density at radius 3 is 2.12 bits per heavy atom. The molecule has 0 bridgehead atoms. The van der Waals surface area contributed by atoms with Crippen molar-refractivity contribution in [3.63, 3.8) is 0 Å². The zero-order valence-electron chi connectivity index (χ0n) is 14.6. The van der Waals surface area contributed by atoms with Gasteiger partial charge in [0, 0.05) is 16.3 Å². The summed E-state index contributed by atoms with van der Waals surface area (Å²) in [5.41, 5.74) is 1.03. The first-order chi connectivity index (χ1) is 12.7. The van der Waals surface area contributed by atoms with Crippen LogP contribution in [0.1, 0.15) is 18.9 Å². The van der Waals surface area contributed by atoms with E-state index in [2.05, 4.69) is 6.92 Å². The molecular formula is C21H21O3PS. The van der Waals surface area contributed by atoms with Crippen molar-refractivity contribution in [2.24, 2.45) is 0 Å². The van der Waals surface area contributed by atoms with Crippen molar-refractivity contribution in [1.82, 2.24) is 0 Å². The van der Waals surface area contributed by atoms with Gasteiger partial charge in [0.15, 0.2) is 0 Å². The van der Waals surface area contributed by atoms with E-state index >= 15 is 0 Å². The molecule has 1 unspecified atom stereocenters. The van der Waals surface area contributed by atoms with E-state index in [1.165, 1.54) is 0 Å². The van der Waals surface area contributed by atoms with Crippen molar-refractivity contribution in [3.05, 3.63) is 90.5 Å². The van der Waals surface area contributed by atoms with Crippen LogP contribution < -0.4 is 9.05 Å². The first-order valence-electron chi connectivity index (χ1n) is 8.55. The lowest BCUT2D eigenvalue weighted by atomic mass is 10.1. The molecule has 26 heavy (non-hydrogen) atoms. The maximum Gasteiger partial charge on any atom is 0.497 e. The van der Waals surface area contributed by atoms with Crippen molar-refractivity contribution in [2.75, 3.05) is 0 Å². The average Bonchev–Trinajstić information content (AvgIpc) is 2.65. The molecule has 0 saturated heterocycles. The fourth-order valence-corrected chi connectivity index (χ4v) is 5.78. The molecule has 5 heteroatoms. The maximum absolute atomic E-state index is 13.6. The molecule has 0 amide bonds.